The number of nitrogens with zero attached hydrogens (tertiary/aromatic N) is 2. The highest BCUT2D eigenvalue weighted by atomic mass is 32.1. The van der Waals surface area contributed by atoms with Gasteiger partial charge in [0, 0.05) is 32.0 Å². The van der Waals surface area contributed by atoms with Crippen molar-refractivity contribution >= 4 is 17.2 Å². The molecule has 0 aromatic carbocycles. The number of ether oxygens (including phenoxy) is 1. The van der Waals surface area contributed by atoms with Crippen molar-refractivity contribution in [3.05, 3.63) is 16.1 Å². The van der Waals surface area contributed by atoms with Gasteiger partial charge in [0.2, 0.25) is 5.91 Å². The quantitative estimate of drug-likeness (QED) is 0.839. The highest BCUT2D eigenvalue weighted by Crippen LogP contribution is 2.15. The fourth-order valence-corrected chi connectivity index (χ4v) is 2.90. The average molecular weight is 268 g/mol. The van der Waals surface area contributed by atoms with Gasteiger partial charge in [-0.15, -0.1) is 11.3 Å². The summed E-state index contributed by atoms with van der Waals surface area (Å²) in [6, 6.07) is 0. The summed E-state index contributed by atoms with van der Waals surface area (Å²) in [5.41, 5.74) is 1.04. The molecule has 1 amide bonds. The molecule has 1 aromatic heterocycles. The van der Waals surface area contributed by atoms with Crippen molar-refractivity contribution in [2.24, 2.45) is 0 Å². The van der Waals surface area contributed by atoms with Crippen LogP contribution in [0.4, 0.5) is 0 Å². The van der Waals surface area contributed by atoms with E-state index in [4.69, 9.17) is 4.74 Å². The van der Waals surface area contributed by atoms with Gasteiger partial charge in [0.05, 0.1) is 16.8 Å². The fourth-order valence-electron chi connectivity index (χ4n) is 2.26. The average Bonchev–Trinajstić information content (AvgIpc) is 2.82. The summed E-state index contributed by atoms with van der Waals surface area (Å²) in [6.07, 6.45) is 3.57. The molecule has 1 saturated heterocycles. The first-order valence-corrected chi connectivity index (χ1v) is 7.28. The van der Waals surface area contributed by atoms with Crippen molar-refractivity contribution < 1.29 is 9.53 Å². The minimum Gasteiger partial charge on any atom is -0.381 e. The van der Waals surface area contributed by atoms with Crippen LogP contribution in [0.5, 0.6) is 0 Å². The number of amides is 1. The van der Waals surface area contributed by atoms with E-state index in [0.717, 1.165) is 43.1 Å². The molecule has 0 bridgehead atoms. The summed E-state index contributed by atoms with van der Waals surface area (Å²) < 4.78 is 5.30. The van der Waals surface area contributed by atoms with Gasteiger partial charge in [0.25, 0.3) is 0 Å². The molecule has 2 heterocycles. The lowest BCUT2D eigenvalue weighted by atomic mass is 10.1. The number of aromatic nitrogens is 1. The molecule has 5 heteroatoms. The number of piperidine rings is 1. The third kappa shape index (κ3) is 3.53. The van der Waals surface area contributed by atoms with Gasteiger partial charge in [-0.2, -0.15) is 0 Å². The first kappa shape index (κ1) is 13.5. The summed E-state index contributed by atoms with van der Waals surface area (Å²) >= 11 is 1.64. The van der Waals surface area contributed by atoms with Crippen molar-refractivity contribution in [2.45, 2.75) is 38.7 Å². The van der Waals surface area contributed by atoms with E-state index < -0.39 is 0 Å². The normalized spacial score (nSPS) is 17.1. The number of likely N-dealkylation sites (tertiary alicyclic amines) is 1. The van der Waals surface area contributed by atoms with Gasteiger partial charge in [-0.25, -0.2) is 4.98 Å². The molecule has 2 rings (SSSR count). The third-order valence-electron chi connectivity index (χ3n) is 3.39. The van der Waals surface area contributed by atoms with Crippen LogP contribution >= 0.6 is 11.3 Å². The van der Waals surface area contributed by atoms with Gasteiger partial charge in [-0.3, -0.25) is 4.79 Å². The van der Waals surface area contributed by atoms with Crippen LogP contribution < -0.4 is 0 Å². The van der Waals surface area contributed by atoms with Crippen molar-refractivity contribution in [1.29, 1.82) is 0 Å². The van der Waals surface area contributed by atoms with Gasteiger partial charge < -0.3 is 9.64 Å². The Morgan fingerprint density at radius 1 is 1.56 bits per heavy atom. The molecular formula is C13H20N2O2S. The van der Waals surface area contributed by atoms with E-state index in [-0.39, 0.29) is 5.91 Å². The summed E-state index contributed by atoms with van der Waals surface area (Å²) in [6.45, 7) is 3.65. The number of rotatable bonds is 4. The minimum atomic E-state index is 0.246. The largest absolute Gasteiger partial charge is 0.381 e. The summed E-state index contributed by atoms with van der Waals surface area (Å²) in [5, 5.41) is 3.11. The van der Waals surface area contributed by atoms with Crippen molar-refractivity contribution in [1.82, 2.24) is 9.88 Å². The van der Waals surface area contributed by atoms with Gasteiger partial charge in [0.1, 0.15) is 0 Å². The van der Waals surface area contributed by atoms with Gasteiger partial charge >= 0.3 is 0 Å². The SMILES string of the molecule is COC1CCN(C(=O)CCc2csc(C)n2)CC1. The molecule has 0 N–H and O–H groups in total. The van der Waals surface area contributed by atoms with E-state index in [9.17, 15) is 4.79 Å². The second kappa shape index (κ2) is 6.29. The van der Waals surface area contributed by atoms with Crippen molar-refractivity contribution in [3.8, 4) is 0 Å². The van der Waals surface area contributed by atoms with Crippen LogP contribution in [0, 0.1) is 6.92 Å². The number of carbonyl (C=O) groups is 1. The monoisotopic (exact) mass is 268 g/mol. The fraction of sp³-hybridized carbons (Fsp3) is 0.692. The molecule has 0 unspecified atom stereocenters. The summed E-state index contributed by atoms with van der Waals surface area (Å²) in [7, 11) is 1.74. The van der Waals surface area contributed by atoms with Crippen LogP contribution in [0.2, 0.25) is 0 Å². The van der Waals surface area contributed by atoms with Crippen LogP contribution in [0.15, 0.2) is 5.38 Å². The van der Waals surface area contributed by atoms with Crippen LogP contribution in [0.25, 0.3) is 0 Å². The number of carbonyl (C=O) groups excluding carboxylic acids is 1. The molecule has 100 valence electrons. The number of methoxy groups -OCH3 is 1. The molecule has 1 aromatic rings. The Hall–Kier alpha value is -0.940. The smallest absolute Gasteiger partial charge is 0.222 e. The Kier molecular flexibility index (Phi) is 4.72. The van der Waals surface area contributed by atoms with Crippen molar-refractivity contribution in [2.75, 3.05) is 20.2 Å². The molecule has 18 heavy (non-hydrogen) atoms. The Morgan fingerprint density at radius 3 is 2.83 bits per heavy atom. The molecule has 0 saturated carbocycles. The molecule has 1 fully saturated rings. The topological polar surface area (TPSA) is 42.4 Å². The molecule has 0 radical (unpaired) electrons. The van der Waals surface area contributed by atoms with Gasteiger partial charge in [-0.1, -0.05) is 0 Å². The van der Waals surface area contributed by atoms with E-state index in [0.29, 0.717) is 12.5 Å². The number of aryl methyl sites for hydroxylation is 2. The first-order valence-electron chi connectivity index (χ1n) is 6.40. The number of hydrogen-bond acceptors (Lipinski definition) is 4. The van der Waals surface area contributed by atoms with E-state index in [2.05, 4.69) is 4.98 Å². The second-order valence-corrected chi connectivity index (χ2v) is 5.74. The van der Waals surface area contributed by atoms with Crippen LogP contribution in [0.1, 0.15) is 30.0 Å². The molecule has 4 nitrogen and oxygen atoms in total. The van der Waals surface area contributed by atoms with Crippen LogP contribution in [-0.4, -0.2) is 42.1 Å². The predicted molar refractivity (Wildman–Crippen MR) is 71.8 cm³/mol. The zero-order chi connectivity index (χ0) is 13.0. The van der Waals surface area contributed by atoms with Gasteiger partial charge in [0.15, 0.2) is 0 Å². The molecule has 0 aliphatic carbocycles. The van der Waals surface area contributed by atoms with Gasteiger partial charge in [-0.05, 0) is 26.2 Å². The van der Waals surface area contributed by atoms with E-state index >= 15 is 0 Å². The maximum Gasteiger partial charge on any atom is 0.222 e. The maximum absolute atomic E-state index is 12.0. The summed E-state index contributed by atoms with van der Waals surface area (Å²) in [4.78, 5) is 18.4. The van der Waals surface area contributed by atoms with Crippen molar-refractivity contribution in [3.63, 3.8) is 0 Å². The Labute approximate surface area is 112 Å². The lowest BCUT2D eigenvalue weighted by molar-refractivity contribution is -0.133. The lowest BCUT2D eigenvalue weighted by Crippen LogP contribution is -2.40. The highest BCUT2D eigenvalue weighted by molar-refractivity contribution is 7.09. The van der Waals surface area contributed by atoms with E-state index in [1.807, 2.05) is 17.2 Å². The zero-order valence-electron chi connectivity index (χ0n) is 11.0. The highest BCUT2D eigenvalue weighted by Gasteiger charge is 2.22. The first-order chi connectivity index (χ1) is 8.69. The Morgan fingerprint density at radius 2 is 2.28 bits per heavy atom. The molecule has 1 aliphatic heterocycles. The zero-order valence-corrected chi connectivity index (χ0v) is 11.8. The number of hydrogen-bond donors (Lipinski definition) is 0. The van der Waals surface area contributed by atoms with E-state index in [1.54, 1.807) is 18.4 Å². The van der Waals surface area contributed by atoms with E-state index in [1.165, 1.54) is 0 Å². The standard InChI is InChI=1S/C13H20N2O2S/c1-10-14-11(9-18-10)3-4-13(16)15-7-5-12(17-2)6-8-15/h9,12H,3-8H2,1-2H3. The molecular weight excluding hydrogens is 248 g/mol. The Bertz CT molecular complexity index is 397. The minimum absolute atomic E-state index is 0.246. The Balaban J connectivity index is 1.75. The van der Waals surface area contributed by atoms with Crippen LogP contribution in [-0.2, 0) is 16.0 Å². The molecule has 0 atom stereocenters. The third-order valence-corrected chi connectivity index (χ3v) is 4.21. The second-order valence-electron chi connectivity index (χ2n) is 4.67. The lowest BCUT2D eigenvalue weighted by Gasteiger charge is -2.31. The molecule has 0 spiro atoms. The summed E-state index contributed by atoms with van der Waals surface area (Å²) in [5.74, 6) is 0.246. The van der Waals surface area contributed by atoms with Crippen LogP contribution in [0.3, 0.4) is 0 Å². The molecule has 1 aliphatic rings. The number of thiazole rings is 1. The maximum atomic E-state index is 12.0. The predicted octanol–water partition coefficient (Wildman–Crippen LogP) is 2.02.